The number of aryl methyl sites for hydroxylation is 1. The highest BCUT2D eigenvalue weighted by Gasteiger charge is 2.31. The van der Waals surface area contributed by atoms with Crippen molar-refractivity contribution in [1.82, 2.24) is 15.3 Å². The zero-order valence-corrected chi connectivity index (χ0v) is 14.9. The Bertz CT molecular complexity index is 925. The number of aromatic nitrogens is 2. The van der Waals surface area contributed by atoms with Gasteiger partial charge >= 0.3 is 6.36 Å². The molecular formula is C18H14F3N3O2S. The third-order valence-corrected chi connectivity index (χ3v) is 4.77. The molecule has 0 aliphatic carbocycles. The first-order valence-electron chi connectivity index (χ1n) is 7.82. The fourth-order valence-electron chi connectivity index (χ4n) is 2.28. The number of carbonyl (C=O) groups is 1. The number of alkyl halides is 3. The van der Waals surface area contributed by atoms with E-state index in [0.717, 1.165) is 33.3 Å². The second-order valence-corrected chi connectivity index (χ2v) is 6.61. The van der Waals surface area contributed by atoms with Gasteiger partial charge in [-0.25, -0.2) is 4.98 Å². The van der Waals surface area contributed by atoms with Crippen LogP contribution < -0.4 is 10.1 Å². The summed E-state index contributed by atoms with van der Waals surface area (Å²) >= 11 is 1.45. The molecule has 0 bridgehead atoms. The summed E-state index contributed by atoms with van der Waals surface area (Å²) in [5.41, 5.74) is 1.93. The summed E-state index contributed by atoms with van der Waals surface area (Å²) in [5.74, 6) is -0.775. The van der Waals surface area contributed by atoms with Crippen molar-refractivity contribution in [3.8, 4) is 16.3 Å². The van der Waals surface area contributed by atoms with Crippen molar-refractivity contribution in [1.29, 1.82) is 0 Å². The molecule has 0 aliphatic heterocycles. The molecule has 0 radical (unpaired) electrons. The van der Waals surface area contributed by atoms with Crippen LogP contribution in [-0.2, 0) is 6.54 Å². The minimum absolute atomic E-state index is 0.235. The molecule has 0 saturated carbocycles. The number of nitrogens with zero attached hydrogens (tertiary/aromatic N) is 2. The van der Waals surface area contributed by atoms with Gasteiger partial charge in [-0.2, -0.15) is 0 Å². The number of nitrogens with one attached hydrogen (secondary N) is 1. The molecule has 1 amide bonds. The normalized spacial score (nSPS) is 11.3. The lowest BCUT2D eigenvalue weighted by Crippen LogP contribution is -2.22. The fourth-order valence-corrected chi connectivity index (χ4v) is 3.27. The first-order valence-corrected chi connectivity index (χ1v) is 8.64. The zero-order chi connectivity index (χ0) is 19.4. The van der Waals surface area contributed by atoms with Crippen LogP contribution in [0.2, 0.25) is 0 Å². The van der Waals surface area contributed by atoms with Crippen LogP contribution in [0.25, 0.3) is 10.6 Å². The highest BCUT2D eigenvalue weighted by Crippen LogP contribution is 2.27. The number of amides is 1. The van der Waals surface area contributed by atoms with Crippen molar-refractivity contribution < 1.29 is 22.7 Å². The van der Waals surface area contributed by atoms with Crippen molar-refractivity contribution in [3.05, 3.63) is 64.9 Å². The number of hydrogen-bond donors (Lipinski definition) is 1. The van der Waals surface area contributed by atoms with Gasteiger partial charge in [0.15, 0.2) is 0 Å². The van der Waals surface area contributed by atoms with Crippen molar-refractivity contribution in [2.24, 2.45) is 0 Å². The highest BCUT2D eigenvalue weighted by atomic mass is 32.1. The van der Waals surface area contributed by atoms with Crippen LogP contribution in [0.15, 0.2) is 48.8 Å². The second-order valence-electron chi connectivity index (χ2n) is 5.52. The van der Waals surface area contributed by atoms with Crippen LogP contribution in [0.1, 0.15) is 20.9 Å². The van der Waals surface area contributed by atoms with Gasteiger partial charge < -0.3 is 10.1 Å². The molecule has 9 heteroatoms. The lowest BCUT2D eigenvalue weighted by molar-refractivity contribution is -0.274. The Morgan fingerprint density at radius 2 is 1.96 bits per heavy atom. The van der Waals surface area contributed by atoms with Crippen LogP contribution in [0.4, 0.5) is 13.2 Å². The maximum absolute atomic E-state index is 12.2. The summed E-state index contributed by atoms with van der Waals surface area (Å²) in [7, 11) is 0. The molecule has 0 aliphatic rings. The third-order valence-electron chi connectivity index (χ3n) is 3.56. The number of pyridine rings is 1. The average molecular weight is 393 g/mol. The zero-order valence-electron chi connectivity index (χ0n) is 14.1. The Morgan fingerprint density at radius 1 is 1.22 bits per heavy atom. The van der Waals surface area contributed by atoms with E-state index in [0.29, 0.717) is 0 Å². The van der Waals surface area contributed by atoms with E-state index in [4.69, 9.17) is 0 Å². The first kappa shape index (κ1) is 18.8. The molecule has 0 saturated heterocycles. The number of hydrogen-bond acceptors (Lipinski definition) is 5. The Balaban J connectivity index is 1.63. The van der Waals surface area contributed by atoms with Gasteiger partial charge in [0, 0.05) is 28.4 Å². The predicted octanol–water partition coefficient (Wildman–Crippen LogP) is 4.34. The number of carbonyl (C=O) groups excluding carboxylic acids is 1. The van der Waals surface area contributed by atoms with Crippen LogP contribution in [0, 0.1) is 6.92 Å². The quantitative estimate of drug-likeness (QED) is 0.700. The van der Waals surface area contributed by atoms with E-state index in [2.05, 4.69) is 20.0 Å². The minimum atomic E-state index is -4.76. The summed E-state index contributed by atoms with van der Waals surface area (Å²) in [5, 5.41) is 3.55. The highest BCUT2D eigenvalue weighted by molar-refractivity contribution is 7.15. The topological polar surface area (TPSA) is 64.1 Å². The molecule has 27 heavy (non-hydrogen) atoms. The Kier molecular flexibility index (Phi) is 5.41. The maximum Gasteiger partial charge on any atom is 0.573 e. The molecule has 140 valence electrons. The van der Waals surface area contributed by atoms with Gasteiger partial charge in [0.2, 0.25) is 0 Å². The molecule has 0 spiro atoms. The summed E-state index contributed by atoms with van der Waals surface area (Å²) in [6.45, 7) is 2.12. The third kappa shape index (κ3) is 5.04. The number of rotatable bonds is 5. The van der Waals surface area contributed by atoms with Crippen molar-refractivity contribution in [2.75, 3.05) is 0 Å². The molecule has 0 unspecified atom stereocenters. The second kappa shape index (κ2) is 7.75. The molecule has 2 aromatic heterocycles. The standard InChI is InChI=1S/C18H14F3N3O2S/c1-11-15(27-17(24-11)13-3-2-8-22-9-13)10-23-16(25)12-4-6-14(7-5-12)26-18(19,20)21/h2-9H,10H2,1H3,(H,23,25). The van der Waals surface area contributed by atoms with E-state index in [-0.39, 0.29) is 17.9 Å². The smallest absolute Gasteiger partial charge is 0.406 e. The first-order chi connectivity index (χ1) is 12.8. The van der Waals surface area contributed by atoms with Crippen molar-refractivity contribution in [3.63, 3.8) is 0 Å². The Hall–Kier alpha value is -2.94. The van der Waals surface area contributed by atoms with Crippen LogP contribution >= 0.6 is 11.3 Å². The molecule has 5 nitrogen and oxygen atoms in total. The van der Waals surface area contributed by atoms with Crippen molar-refractivity contribution in [2.45, 2.75) is 19.8 Å². The minimum Gasteiger partial charge on any atom is -0.406 e. The molecule has 3 aromatic rings. The molecule has 0 atom stereocenters. The molecule has 0 fully saturated rings. The number of benzene rings is 1. The Morgan fingerprint density at radius 3 is 2.59 bits per heavy atom. The molecule has 1 aromatic carbocycles. The SMILES string of the molecule is Cc1nc(-c2cccnc2)sc1CNC(=O)c1ccc(OC(F)(F)F)cc1. The molecule has 3 rings (SSSR count). The summed E-state index contributed by atoms with van der Waals surface area (Å²) in [6, 6.07) is 8.47. The number of ether oxygens (including phenoxy) is 1. The van der Waals surface area contributed by atoms with E-state index < -0.39 is 12.3 Å². The van der Waals surface area contributed by atoms with E-state index in [9.17, 15) is 18.0 Å². The summed E-state index contributed by atoms with van der Waals surface area (Å²) < 4.78 is 40.3. The van der Waals surface area contributed by atoms with Crippen LogP contribution in [0.5, 0.6) is 5.75 Å². The number of thiazole rings is 1. The fraction of sp³-hybridized carbons (Fsp3) is 0.167. The van der Waals surface area contributed by atoms with Crippen molar-refractivity contribution >= 4 is 17.2 Å². The lowest BCUT2D eigenvalue weighted by Gasteiger charge is -2.09. The summed E-state index contributed by atoms with van der Waals surface area (Å²) in [6.07, 6.45) is -1.37. The summed E-state index contributed by atoms with van der Waals surface area (Å²) in [4.78, 5) is 21.6. The van der Waals surface area contributed by atoms with Gasteiger partial charge in [-0.15, -0.1) is 24.5 Å². The Labute approximate surface area is 156 Å². The van der Waals surface area contributed by atoms with Gasteiger partial charge in [0.05, 0.1) is 12.2 Å². The van der Waals surface area contributed by atoms with Gasteiger partial charge in [-0.3, -0.25) is 9.78 Å². The lowest BCUT2D eigenvalue weighted by atomic mass is 10.2. The molecule has 2 heterocycles. The van der Waals surface area contributed by atoms with Crippen LogP contribution in [0.3, 0.4) is 0 Å². The molecular weight excluding hydrogens is 379 g/mol. The van der Waals surface area contributed by atoms with Crippen LogP contribution in [-0.4, -0.2) is 22.2 Å². The van der Waals surface area contributed by atoms with Gasteiger partial charge in [0.1, 0.15) is 10.8 Å². The predicted molar refractivity (Wildman–Crippen MR) is 94.4 cm³/mol. The largest absolute Gasteiger partial charge is 0.573 e. The van der Waals surface area contributed by atoms with Gasteiger partial charge in [-0.05, 0) is 43.3 Å². The van der Waals surface area contributed by atoms with E-state index in [1.165, 1.54) is 23.5 Å². The van der Waals surface area contributed by atoms with E-state index in [1.54, 1.807) is 12.4 Å². The maximum atomic E-state index is 12.2. The average Bonchev–Trinajstić information content (AvgIpc) is 3.00. The number of halogens is 3. The van der Waals surface area contributed by atoms with E-state index in [1.807, 2.05) is 19.1 Å². The monoisotopic (exact) mass is 393 g/mol. The van der Waals surface area contributed by atoms with Gasteiger partial charge in [0.25, 0.3) is 5.91 Å². The van der Waals surface area contributed by atoms with E-state index >= 15 is 0 Å². The van der Waals surface area contributed by atoms with Gasteiger partial charge in [-0.1, -0.05) is 0 Å². The molecule has 1 N–H and O–H groups in total.